The first kappa shape index (κ1) is 36.3. The van der Waals surface area contributed by atoms with Crippen molar-refractivity contribution in [3.05, 3.63) is 101 Å². The Labute approximate surface area is 296 Å². The lowest BCUT2D eigenvalue weighted by Crippen LogP contribution is -2.47. The molecule has 51 heavy (non-hydrogen) atoms. The molecule has 1 fully saturated rings. The predicted octanol–water partition coefficient (Wildman–Crippen LogP) is 7.93. The van der Waals surface area contributed by atoms with Crippen molar-refractivity contribution in [2.45, 2.75) is 36.8 Å². The highest BCUT2D eigenvalue weighted by molar-refractivity contribution is 7.90. The van der Waals surface area contributed by atoms with Crippen molar-refractivity contribution in [2.24, 2.45) is 0 Å². The van der Waals surface area contributed by atoms with Crippen molar-refractivity contribution in [3.63, 3.8) is 0 Å². The molecule has 1 aliphatic rings. The molecule has 1 N–H and O–H groups in total. The smallest absolute Gasteiger partial charge is 0.227 e. The summed E-state index contributed by atoms with van der Waals surface area (Å²) in [6, 6.07) is 13.0. The van der Waals surface area contributed by atoms with E-state index in [9.17, 15) is 21.6 Å². The molecule has 1 saturated heterocycles. The van der Waals surface area contributed by atoms with Gasteiger partial charge in [-0.05, 0) is 54.6 Å². The van der Waals surface area contributed by atoms with Gasteiger partial charge < -0.3 is 10.2 Å². The van der Waals surface area contributed by atoms with Crippen molar-refractivity contribution in [2.75, 3.05) is 49.6 Å². The first-order valence-electron chi connectivity index (χ1n) is 16.1. The maximum Gasteiger partial charge on any atom is 0.227 e. The molecule has 0 radical (unpaired) electrons. The summed E-state index contributed by atoms with van der Waals surface area (Å²) in [6.45, 7) is 8.32. The van der Waals surface area contributed by atoms with Gasteiger partial charge in [0.15, 0.2) is 9.84 Å². The molecular formula is C36H35F5N6O2S2. The van der Waals surface area contributed by atoms with Gasteiger partial charge in [-0.3, -0.25) is 4.90 Å². The van der Waals surface area contributed by atoms with E-state index in [4.69, 9.17) is 4.98 Å². The van der Waals surface area contributed by atoms with E-state index in [0.29, 0.717) is 65.9 Å². The average Bonchev–Trinajstić information content (AvgIpc) is 3.53. The Bertz CT molecular complexity index is 2150. The molecule has 0 bridgehead atoms. The topological polar surface area (TPSA) is 91.3 Å². The average molecular weight is 743 g/mol. The number of alkyl halides is 1. The Hall–Kier alpha value is -4.47. The number of benzene rings is 3. The summed E-state index contributed by atoms with van der Waals surface area (Å²) in [7, 11) is -4.61. The number of thiazole rings is 1. The third-order valence-corrected chi connectivity index (χ3v) is 11.6. The number of aromatic nitrogens is 3. The fourth-order valence-electron chi connectivity index (χ4n) is 5.75. The van der Waals surface area contributed by atoms with E-state index in [0.717, 1.165) is 29.3 Å². The zero-order chi connectivity index (χ0) is 36.5. The van der Waals surface area contributed by atoms with E-state index in [-0.39, 0.29) is 11.5 Å². The number of hydrogen-bond acceptors (Lipinski definition) is 9. The van der Waals surface area contributed by atoms with Crippen LogP contribution in [-0.2, 0) is 21.0 Å². The number of halogens is 5. The Morgan fingerprint density at radius 1 is 0.863 bits per heavy atom. The largest absolute Gasteiger partial charge is 0.367 e. The second-order valence-corrected chi connectivity index (χ2v) is 16.1. The summed E-state index contributed by atoms with van der Waals surface area (Å²) >= 11 is 1.35. The molecule has 0 aliphatic carbocycles. The minimum Gasteiger partial charge on any atom is -0.367 e. The lowest BCUT2D eigenvalue weighted by atomic mass is 9.98. The number of nitrogens with zero attached hydrogens (tertiary/aromatic N) is 5. The number of piperazine rings is 1. The molecule has 3 heterocycles. The molecule has 5 aromatic rings. The molecule has 2 aromatic heterocycles. The molecule has 15 heteroatoms. The van der Waals surface area contributed by atoms with Crippen LogP contribution >= 0.6 is 11.3 Å². The summed E-state index contributed by atoms with van der Waals surface area (Å²) in [6.07, 6.45) is 1.53. The highest BCUT2D eigenvalue weighted by atomic mass is 32.2. The van der Waals surface area contributed by atoms with Gasteiger partial charge in [-0.1, -0.05) is 26.8 Å². The fraction of sp³-hybridized carbons (Fsp3) is 0.306. The number of nitrogens with one attached hydrogen (secondary N) is 1. The molecule has 6 rings (SSSR count). The van der Waals surface area contributed by atoms with Crippen LogP contribution in [0.3, 0.4) is 0 Å². The number of rotatable bonds is 10. The van der Waals surface area contributed by atoms with Crippen LogP contribution in [0.5, 0.6) is 0 Å². The maximum absolute atomic E-state index is 15.3. The van der Waals surface area contributed by atoms with Crippen LogP contribution in [0.25, 0.3) is 21.8 Å². The van der Waals surface area contributed by atoms with Crippen LogP contribution < -0.4 is 10.2 Å². The van der Waals surface area contributed by atoms with E-state index in [1.165, 1.54) is 35.7 Å². The van der Waals surface area contributed by atoms with Gasteiger partial charge in [0.2, 0.25) is 5.95 Å². The van der Waals surface area contributed by atoms with E-state index in [2.05, 4.69) is 15.3 Å². The van der Waals surface area contributed by atoms with Crippen molar-refractivity contribution < 1.29 is 30.4 Å². The van der Waals surface area contributed by atoms with Crippen LogP contribution in [-0.4, -0.2) is 67.7 Å². The molecular weight excluding hydrogens is 708 g/mol. The summed E-state index contributed by atoms with van der Waals surface area (Å²) in [4.78, 5) is 17.2. The Morgan fingerprint density at radius 2 is 1.59 bits per heavy atom. The zero-order valence-corrected chi connectivity index (χ0v) is 29.7. The van der Waals surface area contributed by atoms with E-state index in [1.807, 2.05) is 30.6 Å². The van der Waals surface area contributed by atoms with Crippen molar-refractivity contribution in [3.8, 4) is 21.8 Å². The van der Waals surface area contributed by atoms with Gasteiger partial charge in [-0.25, -0.2) is 45.3 Å². The van der Waals surface area contributed by atoms with Gasteiger partial charge in [0.25, 0.3) is 0 Å². The van der Waals surface area contributed by atoms with Crippen LogP contribution in [0.2, 0.25) is 0 Å². The Kier molecular flexibility index (Phi) is 10.4. The molecule has 0 atom stereocenters. The maximum atomic E-state index is 15.3. The summed E-state index contributed by atoms with van der Waals surface area (Å²) in [5.74, 6) is -4.63. The van der Waals surface area contributed by atoms with Crippen LogP contribution in [0.4, 0.5) is 39.3 Å². The standard InChI is InChI=1S/C36H35F5N6O2S2/c1-36(2,3)34-45-31(22-7-9-25(38)23(19-22)21-51(48,49)33-26(39)5-4-6-27(33)40)32(50-34)29-11-13-42-35(44-29)43-24-8-10-30(28(41)20-24)47-17-15-46(14-12-37)16-18-47/h4-11,13,19-20H,12,14-18,21H2,1-3H3,(H,42,43,44). The fourth-order valence-corrected chi connectivity index (χ4v) is 8.37. The molecule has 1 aliphatic heterocycles. The molecule has 0 saturated carbocycles. The van der Waals surface area contributed by atoms with Crippen molar-refractivity contribution in [1.29, 1.82) is 0 Å². The molecule has 0 amide bonds. The number of sulfone groups is 1. The number of anilines is 3. The van der Waals surface area contributed by atoms with E-state index in [1.54, 1.807) is 18.2 Å². The lowest BCUT2D eigenvalue weighted by Gasteiger charge is -2.35. The highest BCUT2D eigenvalue weighted by Gasteiger charge is 2.28. The summed E-state index contributed by atoms with van der Waals surface area (Å²) in [5.41, 5.74) is 1.39. The SMILES string of the molecule is CC(C)(C)c1nc(-c2ccc(F)c(CS(=O)(=O)c3c(F)cccc3F)c2)c(-c2ccnc(Nc3ccc(N4CCN(CCF)CC4)c(F)c3)n2)s1. The van der Waals surface area contributed by atoms with Gasteiger partial charge >= 0.3 is 0 Å². The molecule has 0 unspecified atom stereocenters. The third-order valence-electron chi connectivity index (χ3n) is 8.37. The monoisotopic (exact) mass is 742 g/mol. The van der Waals surface area contributed by atoms with Crippen LogP contribution in [0.1, 0.15) is 31.3 Å². The first-order chi connectivity index (χ1) is 24.2. The molecule has 3 aromatic carbocycles. The van der Waals surface area contributed by atoms with Crippen molar-refractivity contribution >= 4 is 38.5 Å². The van der Waals surface area contributed by atoms with E-state index < -0.39 is 55.8 Å². The van der Waals surface area contributed by atoms with Crippen LogP contribution in [0.15, 0.2) is 71.8 Å². The zero-order valence-electron chi connectivity index (χ0n) is 28.1. The third kappa shape index (κ3) is 8.05. The van der Waals surface area contributed by atoms with Crippen molar-refractivity contribution in [1.82, 2.24) is 19.9 Å². The minimum absolute atomic E-state index is 0.175. The van der Waals surface area contributed by atoms with Gasteiger partial charge in [-0.2, -0.15) is 0 Å². The summed E-state index contributed by atoms with van der Waals surface area (Å²) < 4.78 is 98.0. The second-order valence-electron chi connectivity index (χ2n) is 13.1. The Balaban J connectivity index is 1.29. The molecule has 0 spiro atoms. The first-order valence-corrected chi connectivity index (χ1v) is 18.6. The van der Waals surface area contributed by atoms with E-state index >= 15 is 8.78 Å². The van der Waals surface area contributed by atoms with Gasteiger partial charge in [0.05, 0.1) is 32.7 Å². The Morgan fingerprint density at radius 3 is 2.25 bits per heavy atom. The quantitative estimate of drug-likeness (QED) is 0.144. The molecule has 8 nitrogen and oxygen atoms in total. The van der Waals surface area contributed by atoms with Crippen LogP contribution in [0, 0.1) is 23.3 Å². The highest BCUT2D eigenvalue weighted by Crippen LogP contribution is 2.41. The minimum atomic E-state index is -4.61. The predicted molar refractivity (Wildman–Crippen MR) is 189 cm³/mol. The van der Waals surface area contributed by atoms with Gasteiger partial charge in [0, 0.05) is 61.1 Å². The molecule has 268 valence electrons. The lowest BCUT2D eigenvalue weighted by molar-refractivity contribution is 0.235. The number of hydrogen-bond donors (Lipinski definition) is 1. The normalized spacial score (nSPS) is 14.2. The second kappa shape index (κ2) is 14.6. The van der Waals surface area contributed by atoms with Gasteiger partial charge in [-0.15, -0.1) is 11.3 Å². The van der Waals surface area contributed by atoms with Gasteiger partial charge in [0.1, 0.15) is 34.8 Å². The summed E-state index contributed by atoms with van der Waals surface area (Å²) in [5, 5.41) is 3.77.